The molecule has 1 aliphatic rings. The molecule has 1 saturated heterocycles. The van der Waals surface area contributed by atoms with Crippen molar-refractivity contribution in [2.24, 2.45) is 0 Å². The summed E-state index contributed by atoms with van der Waals surface area (Å²) in [4.78, 5) is 2.27. The molecule has 0 aromatic heterocycles. The van der Waals surface area contributed by atoms with Gasteiger partial charge < -0.3 is 15.1 Å². The molecule has 0 amide bonds. The first kappa shape index (κ1) is 18.1. The van der Waals surface area contributed by atoms with Crippen LogP contribution >= 0.6 is 0 Å². The molecule has 0 radical (unpaired) electrons. The first-order chi connectivity index (χ1) is 11.8. The highest BCUT2D eigenvalue weighted by Crippen LogP contribution is 2.28. The van der Waals surface area contributed by atoms with Crippen LogP contribution < -0.4 is 0 Å². The lowest BCUT2D eigenvalue weighted by Crippen LogP contribution is -2.49. The van der Waals surface area contributed by atoms with E-state index in [0.717, 1.165) is 25.9 Å². The quantitative estimate of drug-likeness (QED) is 0.876. The maximum absolute atomic E-state index is 11.0. The van der Waals surface area contributed by atoms with E-state index in [9.17, 15) is 10.2 Å². The number of hydrogen-bond acceptors (Lipinski definition) is 3. The Labute approximate surface area is 150 Å². The molecule has 25 heavy (non-hydrogen) atoms. The minimum absolute atomic E-state index is 0.553. The van der Waals surface area contributed by atoms with E-state index in [-0.39, 0.29) is 0 Å². The molecule has 1 atom stereocenters. The highest BCUT2D eigenvalue weighted by atomic mass is 16.3. The van der Waals surface area contributed by atoms with Crippen molar-refractivity contribution >= 4 is 0 Å². The number of nitrogens with zero attached hydrogens (tertiary/aromatic N) is 1. The molecule has 1 heterocycles. The Morgan fingerprint density at radius 1 is 1.00 bits per heavy atom. The van der Waals surface area contributed by atoms with Crippen LogP contribution in [0.5, 0.6) is 0 Å². The number of hydrogen-bond donors (Lipinski definition) is 2. The lowest BCUT2D eigenvalue weighted by Gasteiger charge is -2.39. The molecule has 0 spiro atoms. The van der Waals surface area contributed by atoms with Gasteiger partial charge in [0.05, 0.1) is 11.2 Å². The third kappa shape index (κ3) is 4.91. The summed E-state index contributed by atoms with van der Waals surface area (Å²) >= 11 is 0. The monoisotopic (exact) mass is 339 g/mol. The Morgan fingerprint density at radius 3 is 2.28 bits per heavy atom. The highest BCUT2D eigenvalue weighted by molar-refractivity contribution is 5.67. The second kappa shape index (κ2) is 7.28. The summed E-state index contributed by atoms with van der Waals surface area (Å²) in [5.41, 5.74) is 2.19. The largest absolute Gasteiger partial charge is 0.390 e. The zero-order valence-electron chi connectivity index (χ0n) is 15.3. The topological polar surface area (TPSA) is 43.7 Å². The van der Waals surface area contributed by atoms with Crippen molar-refractivity contribution in [3.05, 3.63) is 60.2 Å². The normalized spacial score (nSPS) is 20.2. The molecule has 2 aromatic carbocycles. The molecule has 1 fully saturated rings. The predicted molar refractivity (Wildman–Crippen MR) is 103 cm³/mol. The highest BCUT2D eigenvalue weighted by Gasteiger charge is 2.31. The van der Waals surface area contributed by atoms with Crippen molar-refractivity contribution in [3.63, 3.8) is 0 Å². The zero-order valence-corrected chi connectivity index (χ0v) is 15.3. The Hall–Kier alpha value is -1.68. The summed E-state index contributed by atoms with van der Waals surface area (Å²) in [6.45, 7) is 6.12. The molecule has 2 aromatic rings. The van der Waals surface area contributed by atoms with Gasteiger partial charge in [-0.25, -0.2) is 0 Å². The zero-order chi connectivity index (χ0) is 17.9. The molecule has 134 valence electrons. The molecule has 2 N–H and O–H groups in total. The van der Waals surface area contributed by atoms with E-state index in [2.05, 4.69) is 29.2 Å². The summed E-state index contributed by atoms with van der Waals surface area (Å²) in [7, 11) is 0. The fraction of sp³-hybridized carbons (Fsp3) is 0.455. The van der Waals surface area contributed by atoms with Crippen LogP contribution in [0.4, 0.5) is 0 Å². The van der Waals surface area contributed by atoms with Crippen LogP contribution in [-0.4, -0.2) is 45.9 Å². The Morgan fingerprint density at radius 2 is 1.60 bits per heavy atom. The van der Waals surface area contributed by atoms with E-state index in [1.165, 1.54) is 16.7 Å². The van der Waals surface area contributed by atoms with E-state index in [1.54, 1.807) is 0 Å². The molecule has 3 nitrogen and oxygen atoms in total. The molecule has 1 unspecified atom stereocenters. The predicted octanol–water partition coefficient (Wildman–Crippen LogP) is 3.49. The Bertz CT molecular complexity index is 684. The lowest BCUT2D eigenvalue weighted by atomic mass is 9.88. The molecule has 0 aliphatic carbocycles. The number of rotatable bonds is 5. The first-order valence-corrected chi connectivity index (χ1v) is 9.15. The van der Waals surface area contributed by atoms with Gasteiger partial charge in [-0.3, -0.25) is 0 Å². The van der Waals surface area contributed by atoms with E-state index < -0.39 is 11.2 Å². The van der Waals surface area contributed by atoms with E-state index in [0.29, 0.717) is 13.0 Å². The van der Waals surface area contributed by atoms with Crippen molar-refractivity contribution in [1.29, 1.82) is 0 Å². The SMILES string of the molecule is CC1(O)CCN(CC(C)(O)Cc2ccccc2-c2ccccc2)CC1. The average molecular weight is 339 g/mol. The molecular weight excluding hydrogens is 310 g/mol. The second-order valence-corrected chi connectivity index (χ2v) is 7.97. The Balaban J connectivity index is 1.71. The average Bonchev–Trinajstić information content (AvgIpc) is 2.58. The van der Waals surface area contributed by atoms with Crippen LogP contribution in [0.2, 0.25) is 0 Å². The van der Waals surface area contributed by atoms with E-state index in [4.69, 9.17) is 0 Å². The number of aliphatic hydroxyl groups is 2. The molecule has 1 aliphatic heterocycles. The van der Waals surface area contributed by atoms with Crippen LogP contribution in [0.25, 0.3) is 11.1 Å². The Kier molecular flexibility index (Phi) is 5.28. The van der Waals surface area contributed by atoms with Gasteiger partial charge in [0.1, 0.15) is 0 Å². The lowest BCUT2D eigenvalue weighted by molar-refractivity contribution is -0.0363. The number of piperidine rings is 1. The molecule has 3 rings (SSSR count). The van der Waals surface area contributed by atoms with E-state index in [1.807, 2.05) is 44.2 Å². The van der Waals surface area contributed by atoms with E-state index >= 15 is 0 Å². The summed E-state index contributed by atoms with van der Waals surface area (Å²) in [5.74, 6) is 0. The van der Waals surface area contributed by atoms with Gasteiger partial charge in [0, 0.05) is 26.1 Å². The maximum atomic E-state index is 11.0. The molecule has 3 heteroatoms. The van der Waals surface area contributed by atoms with Gasteiger partial charge in [0.15, 0.2) is 0 Å². The van der Waals surface area contributed by atoms with Crippen molar-refractivity contribution < 1.29 is 10.2 Å². The molecule has 0 saturated carbocycles. The molecular formula is C22H29NO2. The third-order valence-electron chi connectivity index (χ3n) is 5.17. The van der Waals surface area contributed by atoms with Gasteiger partial charge in [-0.2, -0.15) is 0 Å². The van der Waals surface area contributed by atoms with Crippen LogP contribution in [0, 0.1) is 0 Å². The second-order valence-electron chi connectivity index (χ2n) is 7.97. The van der Waals surface area contributed by atoms with Gasteiger partial charge >= 0.3 is 0 Å². The standard InChI is InChI=1S/C22H29NO2/c1-21(24)12-14-23(15-13-21)17-22(2,25)16-19-10-6-7-11-20(19)18-8-4-3-5-9-18/h3-11,24-25H,12-17H2,1-2H3. The number of benzene rings is 2. The first-order valence-electron chi connectivity index (χ1n) is 9.15. The van der Waals surface area contributed by atoms with Crippen LogP contribution in [0.1, 0.15) is 32.3 Å². The summed E-state index contributed by atoms with van der Waals surface area (Å²) in [5, 5.41) is 21.1. The van der Waals surface area contributed by atoms with Crippen molar-refractivity contribution in [1.82, 2.24) is 4.90 Å². The summed E-state index contributed by atoms with van der Waals surface area (Å²) < 4.78 is 0. The fourth-order valence-electron chi connectivity index (χ4n) is 3.71. The van der Waals surface area contributed by atoms with Crippen molar-refractivity contribution in [3.8, 4) is 11.1 Å². The van der Waals surface area contributed by atoms with Crippen LogP contribution in [0.3, 0.4) is 0 Å². The summed E-state index contributed by atoms with van der Waals surface area (Å²) in [6.07, 6.45) is 2.15. The summed E-state index contributed by atoms with van der Waals surface area (Å²) in [6, 6.07) is 18.7. The number of likely N-dealkylation sites (tertiary alicyclic amines) is 1. The van der Waals surface area contributed by atoms with Gasteiger partial charge in [-0.15, -0.1) is 0 Å². The van der Waals surface area contributed by atoms with Gasteiger partial charge in [0.2, 0.25) is 0 Å². The minimum Gasteiger partial charge on any atom is -0.390 e. The number of β-amino-alcohol motifs (C(OH)–C–C–N with tert-alkyl or cyclic N) is 1. The van der Waals surface area contributed by atoms with Crippen molar-refractivity contribution in [2.75, 3.05) is 19.6 Å². The smallest absolute Gasteiger partial charge is 0.0786 e. The van der Waals surface area contributed by atoms with Crippen LogP contribution in [-0.2, 0) is 6.42 Å². The third-order valence-corrected chi connectivity index (χ3v) is 5.17. The van der Waals surface area contributed by atoms with Gasteiger partial charge in [-0.1, -0.05) is 54.6 Å². The fourth-order valence-corrected chi connectivity index (χ4v) is 3.71. The van der Waals surface area contributed by atoms with Gasteiger partial charge in [-0.05, 0) is 43.4 Å². The molecule has 0 bridgehead atoms. The minimum atomic E-state index is -0.798. The van der Waals surface area contributed by atoms with Crippen molar-refractivity contribution in [2.45, 2.75) is 44.3 Å². The van der Waals surface area contributed by atoms with Gasteiger partial charge in [0.25, 0.3) is 0 Å². The maximum Gasteiger partial charge on any atom is 0.0786 e. The van der Waals surface area contributed by atoms with Crippen LogP contribution in [0.15, 0.2) is 54.6 Å².